The highest BCUT2D eigenvalue weighted by Gasteiger charge is 2.27. The van der Waals surface area contributed by atoms with Gasteiger partial charge in [0.1, 0.15) is 5.75 Å². The Morgan fingerprint density at radius 3 is 2.97 bits per heavy atom. The zero-order valence-electron chi connectivity index (χ0n) is 16.6. The molecule has 9 heteroatoms. The van der Waals surface area contributed by atoms with Gasteiger partial charge in [-0.2, -0.15) is 0 Å². The molecule has 1 aliphatic rings. The van der Waals surface area contributed by atoms with Gasteiger partial charge in [0.25, 0.3) is 5.91 Å². The Balaban J connectivity index is 1.83. The number of nitrogens with one attached hydrogen (secondary N) is 2. The number of hydrogen-bond acceptors (Lipinski definition) is 7. The summed E-state index contributed by atoms with van der Waals surface area (Å²) in [6.07, 6.45) is 3.46. The lowest BCUT2D eigenvalue weighted by atomic mass is 10.2. The Kier molecular flexibility index (Phi) is 7.11. The van der Waals surface area contributed by atoms with Crippen molar-refractivity contribution in [2.75, 3.05) is 37.0 Å². The van der Waals surface area contributed by atoms with Crippen LogP contribution in [0, 0.1) is 0 Å². The predicted octanol–water partition coefficient (Wildman–Crippen LogP) is 2.46. The highest BCUT2D eigenvalue weighted by Crippen LogP contribution is 2.27. The average molecular weight is 420 g/mol. The molecule has 29 heavy (non-hydrogen) atoms. The minimum absolute atomic E-state index is 0.0164. The molecule has 8 nitrogen and oxygen atoms in total. The van der Waals surface area contributed by atoms with Crippen LogP contribution in [0.3, 0.4) is 0 Å². The van der Waals surface area contributed by atoms with Gasteiger partial charge in [-0.05, 0) is 37.5 Å². The summed E-state index contributed by atoms with van der Waals surface area (Å²) in [5.41, 5.74) is 1.74. The second-order valence-electron chi connectivity index (χ2n) is 6.79. The van der Waals surface area contributed by atoms with Crippen molar-refractivity contribution in [2.24, 2.45) is 0 Å². The number of rotatable bonds is 8. The van der Waals surface area contributed by atoms with E-state index in [1.807, 2.05) is 24.0 Å². The van der Waals surface area contributed by atoms with E-state index in [0.29, 0.717) is 35.5 Å². The molecule has 1 amide bonds. The molecule has 1 saturated heterocycles. The first-order valence-corrected chi connectivity index (χ1v) is 10.0. The smallest absolute Gasteiger partial charge is 0.272 e. The van der Waals surface area contributed by atoms with Crippen molar-refractivity contribution in [3.8, 4) is 5.75 Å². The fourth-order valence-corrected chi connectivity index (χ4v) is 3.64. The van der Waals surface area contributed by atoms with Crippen molar-refractivity contribution < 1.29 is 14.6 Å². The molecule has 0 spiro atoms. The quantitative estimate of drug-likeness (QED) is 0.604. The molecule has 1 aromatic carbocycles. The van der Waals surface area contributed by atoms with Gasteiger partial charge < -0.3 is 25.4 Å². The number of ether oxygens (including phenoxy) is 1. The second-order valence-corrected chi connectivity index (χ2v) is 7.19. The number of hydrogen-bond donors (Lipinski definition) is 3. The van der Waals surface area contributed by atoms with Crippen LogP contribution in [0.4, 0.5) is 11.6 Å². The number of amides is 1. The first kappa shape index (κ1) is 21.1. The summed E-state index contributed by atoms with van der Waals surface area (Å²) in [7, 11) is 1.57. The largest absolute Gasteiger partial charge is 0.495 e. The Morgan fingerprint density at radius 1 is 1.45 bits per heavy atom. The van der Waals surface area contributed by atoms with E-state index in [1.165, 1.54) is 0 Å². The van der Waals surface area contributed by atoms with Crippen LogP contribution in [-0.4, -0.2) is 53.8 Å². The fraction of sp³-hybridized carbons (Fsp3) is 0.450. The van der Waals surface area contributed by atoms with Gasteiger partial charge in [-0.3, -0.25) is 4.79 Å². The van der Waals surface area contributed by atoms with Crippen LogP contribution in [0.15, 0.2) is 24.4 Å². The lowest BCUT2D eigenvalue weighted by Gasteiger charge is -2.23. The number of carbonyl (C=O) groups is 1. The molecule has 3 rings (SSSR count). The van der Waals surface area contributed by atoms with Crippen LogP contribution in [0.1, 0.15) is 35.8 Å². The van der Waals surface area contributed by atoms with E-state index in [0.717, 1.165) is 24.9 Å². The molecular formula is C20H26ClN5O3. The van der Waals surface area contributed by atoms with E-state index in [1.54, 1.807) is 19.4 Å². The molecule has 0 unspecified atom stereocenters. The van der Waals surface area contributed by atoms with Crippen LogP contribution < -0.4 is 20.3 Å². The maximum absolute atomic E-state index is 12.6. The van der Waals surface area contributed by atoms with Gasteiger partial charge in [-0.1, -0.05) is 17.7 Å². The molecule has 1 atom stereocenters. The van der Waals surface area contributed by atoms with E-state index in [-0.39, 0.29) is 24.2 Å². The molecule has 0 bridgehead atoms. The third kappa shape index (κ3) is 4.89. The number of carbonyl (C=O) groups excluding carboxylic acids is 1. The van der Waals surface area contributed by atoms with Crippen LogP contribution in [0.5, 0.6) is 5.75 Å². The predicted molar refractivity (Wildman–Crippen MR) is 113 cm³/mol. The summed E-state index contributed by atoms with van der Waals surface area (Å²) in [5, 5.41) is 16.1. The Hall–Kier alpha value is -2.58. The monoisotopic (exact) mass is 419 g/mol. The van der Waals surface area contributed by atoms with Gasteiger partial charge in [0.15, 0.2) is 5.69 Å². The zero-order chi connectivity index (χ0) is 20.8. The number of anilines is 2. The summed E-state index contributed by atoms with van der Waals surface area (Å²) in [6, 6.07) is 5.49. The summed E-state index contributed by atoms with van der Waals surface area (Å²) in [5.74, 6) is 0.794. The summed E-state index contributed by atoms with van der Waals surface area (Å²) >= 11 is 6.19. The first-order chi connectivity index (χ1) is 14.1. The maximum Gasteiger partial charge on any atom is 0.272 e. The standard InChI is InChI=1S/C20H26ClN5O3/c1-3-22-19(28)18-16(23-10-13-6-7-17(29-2)15(21)9-13)11-24-20(25-18)26-8-4-5-14(26)12-27/h6-7,9,11,14,23,27H,3-5,8,10,12H2,1-2H3,(H,22,28)/t14-/m0/s1. The Labute approximate surface area is 175 Å². The molecule has 0 saturated carbocycles. The molecule has 3 N–H and O–H groups in total. The van der Waals surface area contributed by atoms with E-state index in [9.17, 15) is 9.90 Å². The van der Waals surface area contributed by atoms with Crippen molar-refractivity contribution in [3.05, 3.63) is 40.7 Å². The van der Waals surface area contributed by atoms with Gasteiger partial charge in [0.2, 0.25) is 5.95 Å². The van der Waals surface area contributed by atoms with Crippen LogP contribution in [0.2, 0.25) is 5.02 Å². The van der Waals surface area contributed by atoms with Gasteiger partial charge in [-0.25, -0.2) is 9.97 Å². The topological polar surface area (TPSA) is 99.6 Å². The number of nitrogens with zero attached hydrogens (tertiary/aromatic N) is 3. The molecule has 0 radical (unpaired) electrons. The highest BCUT2D eigenvalue weighted by molar-refractivity contribution is 6.32. The molecule has 1 fully saturated rings. The molecule has 1 aliphatic heterocycles. The Bertz CT molecular complexity index is 864. The number of aromatic nitrogens is 2. The van der Waals surface area contributed by atoms with E-state index < -0.39 is 0 Å². The number of methoxy groups -OCH3 is 1. The third-order valence-electron chi connectivity index (χ3n) is 4.87. The molecule has 0 aliphatic carbocycles. The molecular weight excluding hydrogens is 394 g/mol. The van der Waals surface area contributed by atoms with E-state index >= 15 is 0 Å². The van der Waals surface area contributed by atoms with Crippen molar-refractivity contribution in [1.82, 2.24) is 15.3 Å². The van der Waals surface area contributed by atoms with Crippen LogP contribution in [-0.2, 0) is 6.54 Å². The lowest BCUT2D eigenvalue weighted by Crippen LogP contribution is -2.34. The SMILES string of the molecule is CCNC(=O)c1nc(N2CCC[C@H]2CO)ncc1NCc1ccc(OC)c(Cl)c1. The van der Waals surface area contributed by atoms with Gasteiger partial charge >= 0.3 is 0 Å². The molecule has 2 aromatic rings. The summed E-state index contributed by atoms with van der Waals surface area (Å²) in [4.78, 5) is 23.5. The van der Waals surface area contributed by atoms with Crippen molar-refractivity contribution >= 4 is 29.1 Å². The number of halogens is 1. The highest BCUT2D eigenvalue weighted by atomic mass is 35.5. The number of aliphatic hydroxyl groups is 1. The minimum atomic E-state index is -0.272. The molecule has 156 valence electrons. The molecule has 1 aromatic heterocycles. The minimum Gasteiger partial charge on any atom is -0.495 e. The molecule has 2 heterocycles. The van der Waals surface area contributed by atoms with Gasteiger partial charge in [-0.15, -0.1) is 0 Å². The van der Waals surface area contributed by atoms with Crippen molar-refractivity contribution in [2.45, 2.75) is 32.4 Å². The lowest BCUT2D eigenvalue weighted by molar-refractivity contribution is 0.0951. The van der Waals surface area contributed by atoms with E-state index in [2.05, 4.69) is 20.6 Å². The van der Waals surface area contributed by atoms with E-state index in [4.69, 9.17) is 16.3 Å². The average Bonchev–Trinajstić information content (AvgIpc) is 3.21. The van der Waals surface area contributed by atoms with Crippen LogP contribution in [0.25, 0.3) is 0 Å². The van der Waals surface area contributed by atoms with Crippen molar-refractivity contribution in [3.63, 3.8) is 0 Å². The summed E-state index contributed by atoms with van der Waals surface area (Å²) in [6.45, 7) is 3.60. The zero-order valence-corrected chi connectivity index (χ0v) is 17.4. The fourth-order valence-electron chi connectivity index (χ4n) is 3.36. The van der Waals surface area contributed by atoms with Crippen molar-refractivity contribution in [1.29, 1.82) is 0 Å². The van der Waals surface area contributed by atoms with Gasteiger partial charge in [0, 0.05) is 19.6 Å². The van der Waals surface area contributed by atoms with Gasteiger partial charge in [0.05, 0.1) is 36.7 Å². The number of aliphatic hydroxyl groups excluding tert-OH is 1. The maximum atomic E-state index is 12.6. The third-order valence-corrected chi connectivity index (χ3v) is 5.17. The number of benzene rings is 1. The normalized spacial score (nSPS) is 16.0. The summed E-state index contributed by atoms with van der Waals surface area (Å²) < 4.78 is 5.17. The second kappa shape index (κ2) is 9.76. The first-order valence-electron chi connectivity index (χ1n) is 9.66. The Morgan fingerprint density at radius 2 is 2.28 bits per heavy atom. The van der Waals surface area contributed by atoms with Crippen LogP contribution >= 0.6 is 11.6 Å².